The van der Waals surface area contributed by atoms with Gasteiger partial charge in [-0.25, -0.2) is 14.4 Å². The van der Waals surface area contributed by atoms with E-state index >= 15 is 0 Å². The Morgan fingerprint density at radius 1 is 0.764 bits per heavy atom. The van der Waals surface area contributed by atoms with Crippen LogP contribution in [0.4, 0.5) is 4.79 Å². The molecule has 4 atom stereocenters. The van der Waals surface area contributed by atoms with Gasteiger partial charge in [-0.3, -0.25) is 9.59 Å². The van der Waals surface area contributed by atoms with Gasteiger partial charge in [0.2, 0.25) is 5.91 Å². The van der Waals surface area contributed by atoms with Crippen molar-refractivity contribution in [1.82, 2.24) is 16.0 Å². The smallest absolute Gasteiger partial charge is 0.407 e. The number of esters is 2. The third kappa shape index (κ3) is 15.2. The van der Waals surface area contributed by atoms with Crippen molar-refractivity contribution in [3.05, 3.63) is 107 Å². The van der Waals surface area contributed by atoms with Gasteiger partial charge in [0.1, 0.15) is 24.3 Å². The van der Waals surface area contributed by atoms with Gasteiger partial charge in [-0.15, -0.1) is 0 Å². The lowest BCUT2D eigenvalue weighted by molar-refractivity contribution is -0.165. The van der Waals surface area contributed by atoms with Crippen LogP contribution in [0.25, 0.3) is 0 Å². The van der Waals surface area contributed by atoms with E-state index < -0.39 is 53.1 Å². The van der Waals surface area contributed by atoms with E-state index in [0.29, 0.717) is 31.2 Å². The lowest BCUT2D eigenvalue weighted by Crippen LogP contribution is -2.64. The van der Waals surface area contributed by atoms with Crippen LogP contribution in [0.1, 0.15) is 87.6 Å². The van der Waals surface area contributed by atoms with Gasteiger partial charge in [0.05, 0.1) is 7.11 Å². The third-order valence-electron chi connectivity index (χ3n) is 8.87. The van der Waals surface area contributed by atoms with Crippen LogP contribution in [0, 0.1) is 6.92 Å². The van der Waals surface area contributed by atoms with Crippen molar-refractivity contribution in [2.75, 3.05) is 13.7 Å². The fraction of sp³-hybridized carbons (Fsp3) is 0.452. The second kappa shape index (κ2) is 21.6. The molecular weight excluding hydrogens is 702 g/mol. The van der Waals surface area contributed by atoms with E-state index in [4.69, 9.17) is 25.7 Å². The van der Waals surface area contributed by atoms with Gasteiger partial charge in [-0.05, 0) is 82.9 Å². The molecule has 1 unspecified atom stereocenters. The lowest BCUT2D eigenvalue weighted by atomic mass is 9.89. The molecule has 3 amide bonds. The summed E-state index contributed by atoms with van der Waals surface area (Å²) in [6, 6.07) is 23.4. The van der Waals surface area contributed by atoms with Crippen molar-refractivity contribution in [3.8, 4) is 0 Å². The van der Waals surface area contributed by atoms with E-state index in [1.165, 1.54) is 7.11 Å². The summed E-state index contributed by atoms with van der Waals surface area (Å²) in [6.07, 6.45) is 1.19. The Hall–Kier alpha value is -5.27. The lowest BCUT2D eigenvalue weighted by Gasteiger charge is -2.32. The van der Waals surface area contributed by atoms with Crippen molar-refractivity contribution < 1.29 is 38.2 Å². The molecule has 55 heavy (non-hydrogen) atoms. The monoisotopic (exact) mass is 759 g/mol. The molecule has 13 heteroatoms. The Labute approximate surface area is 324 Å². The molecule has 0 spiro atoms. The van der Waals surface area contributed by atoms with Gasteiger partial charge < -0.3 is 41.6 Å². The van der Waals surface area contributed by atoms with E-state index in [-0.39, 0.29) is 38.5 Å². The number of carbonyl (C=O) groups is 5. The Balaban J connectivity index is 1.70. The Kier molecular flexibility index (Phi) is 17.3. The molecule has 13 nitrogen and oxygen atoms in total. The van der Waals surface area contributed by atoms with Crippen LogP contribution in [0.15, 0.2) is 84.9 Å². The highest BCUT2D eigenvalue weighted by Crippen LogP contribution is 2.23. The number of nitrogens with two attached hydrogens (primary N) is 2. The predicted octanol–water partition coefficient (Wildman–Crippen LogP) is 4.69. The van der Waals surface area contributed by atoms with Crippen LogP contribution in [0.3, 0.4) is 0 Å². The molecule has 3 aromatic carbocycles. The average Bonchev–Trinajstić information content (AvgIpc) is 3.16. The number of rotatable bonds is 20. The molecule has 0 bridgehead atoms. The quantitative estimate of drug-likeness (QED) is 0.0466. The zero-order chi connectivity index (χ0) is 40.4. The molecule has 0 aromatic heterocycles. The molecule has 298 valence electrons. The molecule has 0 aliphatic rings. The minimum atomic E-state index is -2.16. The van der Waals surface area contributed by atoms with Gasteiger partial charge in [0.25, 0.3) is 5.91 Å². The first-order chi connectivity index (χ1) is 26.1. The maximum Gasteiger partial charge on any atom is 0.407 e. The second-order valence-electron chi connectivity index (χ2n) is 14.7. The molecule has 0 fully saturated rings. The minimum Gasteiger partial charge on any atom is -0.467 e. The summed E-state index contributed by atoms with van der Waals surface area (Å²) >= 11 is 0. The number of aryl methyl sites for hydroxylation is 1. The maximum atomic E-state index is 14.1. The van der Waals surface area contributed by atoms with Gasteiger partial charge in [0.15, 0.2) is 5.54 Å². The summed E-state index contributed by atoms with van der Waals surface area (Å²) < 4.78 is 15.8. The fourth-order valence-corrected chi connectivity index (χ4v) is 5.71. The zero-order valence-corrected chi connectivity index (χ0v) is 32.6. The number of hydrogen-bond acceptors (Lipinski definition) is 10. The second-order valence-corrected chi connectivity index (χ2v) is 14.7. The van der Waals surface area contributed by atoms with Crippen molar-refractivity contribution in [2.45, 2.75) is 109 Å². The molecule has 0 saturated carbocycles. The average molecular weight is 760 g/mol. The van der Waals surface area contributed by atoms with Crippen molar-refractivity contribution in [2.24, 2.45) is 11.5 Å². The first-order valence-corrected chi connectivity index (χ1v) is 18.6. The molecule has 0 aliphatic carbocycles. The summed E-state index contributed by atoms with van der Waals surface area (Å²) in [5, 5.41) is 8.10. The van der Waals surface area contributed by atoms with Crippen LogP contribution in [-0.2, 0) is 46.4 Å². The van der Waals surface area contributed by atoms with Crippen LogP contribution in [0.5, 0.6) is 0 Å². The number of alkyl carbamates (subject to hydrolysis) is 1. The maximum absolute atomic E-state index is 14.1. The van der Waals surface area contributed by atoms with Gasteiger partial charge >= 0.3 is 18.0 Å². The molecule has 0 radical (unpaired) electrons. The fourth-order valence-electron chi connectivity index (χ4n) is 5.71. The SMILES string of the molecule is COC(=O)[C@H](CCCCNC(=O)OCc1ccccc1)NC(=O)[C@H](Cc1ccccc1)NC(=O)[C@](N)(CCCC(N)c1ccc(C)cc1)C(=O)OC(C)(C)C. The Morgan fingerprint density at radius 3 is 1.98 bits per heavy atom. The van der Waals surface area contributed by atoms with Crippen LogP contribution in [-0.4, -0.2) is 66.7 Å². The minimum absolute atomic E-state index is 0.0318. The highest BCUT2D eigenvalue weighted by atomic mass is 16.6. The number of methoxy groups -OCH3 is 1. The largest absolute Gasteiger partial charge is 0.467 e. The highest BCUT2D eigenvalue weighted by molar-refractivity contribution is 6.08. The number of amides is 3. The summed E-state index contributed by atoms with van der Waals surface area (Å²) in [5.74, 6) is -3.20. The summed E-state index contributed by atoms with van der Waals surface area (Å²) in [4.78, 5) is 66.5. The van der Waals surface area contributed by atoms with Crippen molar-refractivity contribution >= 4 is 29.8 Å². The Bertz CT molecular complexity index is 1680. The number of unbranched alkanes of at least 4 members (excludes halogenated alkanes) is 1. The van der Waals surface area contributed by atoms with E-state index in [1.807, 2.05) is 67.6 Å². The van der Waals surface area contributed by atoms with Crippen molar-refractivity contribution in [3.63, 3.8) is 0 Å². The molecule has 0 aliphatic heterocycles. The number of hydrogen-bond donors (Lipinski definition) is 5. The van der Waals surface area contributed by atoms with E-state index in [2.05, 4.69) is 16.0 Å². The molecule has 3 rings (SSSR count). The van der Waals surface area contributed by atoms with Gasteiger partial charge in [-0.2, -0.15) is 0 Å². The predicted molar refractivity (Wildman–Crippen MR) is 209 cm³/mol. The summed E-state index contributed by atoms with van der Waals surface area (Å²) in [7, 11) is 1.21. The molecule has 0 saturated heterocycles. The zero-order valence-electron chi connectivity index (χ0n) is 32.6. The van der Waals surface area contributed by atoms with Gasteiger partial charge in [0, 0.05) is 19.0 Å². The van der Waals surface area contributed by atoms with E-state index in [9.17, 15) is 24.0 Å². The van der Waals surface area contributed by atoms with Crippen LogP contribution < -0.4 is 27.4 Å². The van der Waals surface area contributed by atoms with E-state index in [1.54, 1.807) is 45.0 Å². The normalized spacial score (nSPS) is 13.9. The molecule has 0 heterocycles. The standard InChI is InChI=1S/C42H57N5O8/c1-29-21-23-32(24-22-29)33(43)19-14-25-42(44,39(51)55-41(2,3)4)38(50)47-35(27-30-15-8-6-9-16-30)36(48)46-34(37(49)53-5)20-12-13-26-45-40(52)54-28-31-17-10-7-11-18-31/h6-11,15-18,21-24,33-35H,12-14,19-20,25-28,43-44H2,1-5H3,(H,45,52)(H,46,48)(H,47,50)/t33?,34-,35-,42+/m0/s1. The number of benzene rings is 3. The van der Waals surface area contributed by atoms with Gasteiger partial charge in [-0.1, -0.05) is 90.5 Å². The van der Waals surface area contributed by atoms with E-state index in [0.717, 1.165) is 16.7 Å². The highest BCUT2D eigenvalue weighted by Gasteiger charge is 2.46. The number of ether oxygens (including phenoxy) is 3. The molecular formula is C42H57N5O8. The number of nitrogens with one attached hydrogen (secondary N) is 3. The molecule has 3 aromatic rings. The van der Waals surface area contributed by atoms with Crippen LogP contribution in [0.2, 0.25) is 0 Å². The summed E-state index contributed by atoms with van der Waals surface area (Å²) in [5.41, 5.74) is 13.5. The topological polar surface area (TPSA) is 201 Å². The first-order valence-electron chi connectivity index (χ1n) is 18.6. The first kappa shape index (κ1) is 44.1. The van der Waals surface area contributed by atoms with Crippen molar-refractivity contribution in [1.29, 1.82) is 0 Å². The summed E-state index contributed by atoms with van der Waals surface area (Å²) in [6.45, 7) is 7.40. The van der Waals surface area contributed by atoms with Crippen LogP contribution >= 0.6 is 0 Å². The third-order valence-corrected chi connectivity index (χ3v) is 8.87. The molecule has 7 N–H and O–H groups in total. The number of carbonyl (C=O) groups excluding carboxylic acids is 5. The Morgan fingerprint density at radius 2 is 1.38 bits per heavy atom.